The number of fused-ring (bicyclic) bond motifs is 4. The van der Waals surface area contributed by atoms with E-state index in [0.29, 0.717) is 6.54 Å². The van der Waals surface area contributed by atoms with Crippen molar-refractivity contribution in [3.05, 3.63) is 90.5 Å². The highest BCUT2D eigenvalue weighted by Crippen LogP contribution is 2.35. The molecule has 0 atom stereocenters. The number of aryl methyl sites for hydroxylation is 2. The molecule has 7 rings (SSSR count). The second-order valence-electron chi connectivity index (χ2n) is 9.31. The van der Waals surface area contributed by atoms with Crippen LogP contribution >= 0.6 is 0 Å². The van der Waals surface area contributed by atoms with Crippen LogP contribution in [0.2, 0.25) is 0 Å². The first-order chi connectivity index (χ1) is 17.8. The number of hydrogen-bond acceptors (Lipinski definition) is 5. The van der Waals surface area contributed by atoms with E-state index in [-0.39, 0.29) is 0 Å². The average molecular weight is 472 g/mol. The van der Waals surface area contributed by atoms with Crippen molar-refractivity contribution in [2.75, 3.05) is 0 Å². The molecular weight excluding hydrogens is 446 g/mol. The van der Waals surface area contributed by atoms with Crippen LogP contribution in [0.25, 0.3) is 50.5 Å². The minimum atomic E-state index is 0.518. The Bertz CT molecular complexity index is 1690. The fourth-order valence-electron chi connectivity index (χ4n) is 5.15. The van der Waals surface area contributed by atoms with Crippen LogP contribution in [0, 0.1) is 0 Å². The van der Waals surface area contributed by atoms with E-state index in [1.54, 1.807) is 0 Å². The molecule has 0 spiro atoms. The quantitative estimate of drug-likeness (QED) is 0.378. The molecule has 2 N–H and O–H groups in total. The van der Waals surface area contributed by atoms with Gasteiger partial charge in [0, 0.05) is 48.4 Å². The van der Waals surface area contributed by atoms with Crippen molar-refractivity contribution < 1.29 is 0 Å². The van der Waals surface area contributed by atoms with Crippen LogP contribution in [0.5, 0.6) is 0 Å². The largest absolute Gasteiger partial charge is 0.334 e. The second-order valence-corrected chi connectivity index (χ2v) is 9.31. The maximum atomic E-state index is 5.82. The third-order valence-corrected chi connectivity index (χ3v) is 7.06. The van der Waals surface area contributed by atoms with E-state index in [1.807, 2.05) is 22.7 Å². The zero-order valence-electron chi connectivity index (χ0n) is 19.8. The monoisotopic (exact) mass is 471 g/mol. The average Bonchev–Trinajstić information content (AvgIpc) is 3.57. The lowest BCUT2D eigenvalue weighted by atomic mass is 9.97. The molecular formula is C29H25N7. The number of rotatable bonds is 4. The number of nitrogens with two attached hydrogens (primary N) is 1. The molecule has 0 aliphatic carbocycles. The molecule has 36 heavy (non-hydrogen) atoms. The van der Waals surface area contributed by atoms with Crippen LogP contribution in [-0.2, 0) is 19.5 Å². The Morgan fingerprint density at radius 1 is 0.861 bits per heavy atom. The summed E-state index contributed by atoms with van der Waals surface area (Å²) in [6.07, 6.45) is 7.50. The number of hydrogen-bond donors (Lipinski definition) is 1. The molecule has 6 aromatic rings. The van der Waals surface area contributed by atoms with Gasteiger partial charge in [-0.15, -0.1) is 10.2 Å². The molecule has 176 valence electrons. The lowest BCUT2D eigenvalue weighted by Crippen LogP contribution is -2.08. The predicted octanol–water partition coefficient (Wildman–Crippen LogP) is 5.27. The van der Waals surface area contributed by atoms with E-state index in [9.17, 15) is 0 Å². The van der Waals surface area contributed by atoms with Crippen molar-refractivity contribution >= 4 is 16.6 Å². The van der Waals surface area contributed by atoms with Crippen LogP contribution in [0.1, 0.15) is 24.2 Å². The van der Waals surface area contributed by atoms with Gasteiger partial charge < -0.3 is 10.3 Å². The normalized spacial score (nSPS) is 13.4. The molecule has 7 heteroatoms. The number of pyridine rings is 2. The first-order valence-corrected chi connectivity index (χ1v) is 12.4. The molecule has 0 saturated carbocycles. The Labute approximate surface area is 208 Å². The molecule has 4 aromatic heterocycles. The second kappa shape index (κ2) is 8.39. The Morgan fingerprint density at radius 3 is 2.53 bits per heavy atom. The molecule has 0 fully saturated rings. The molecule has 0 saturated heterocycles. The van der Waals surface area contributed by atoms with Crippen molar-refractivity contribution in [2.45, 2.75) is 32.4 Å². The van der Waals surface area contributed by atoms with Crippen LogP contribution in [0.15, 0.2) is 79.1 Å². The third kappa shape index (κ3) is 3.39. The van der Waals surface area contributed by atoms with Gasteiger partial charge in [0.15, 0.2) is 11.5 Å². The molecule has 5 heterocycles. The molecule has 0 unspecified atom stereocenters. The maximum Gasteiger partial charge on any atom is 0.188 e. The maximum absolute atomic E-state index is 5.82. The lowest BCUT2D eigenvalue weighted by molar-refractivity contribution is 0.522. The summed E-state index contributed by atoms with van der Waals surface area (Å²) in [7, 11) is 0. The van der Waals surface area contributed by atoms with Crippen molar-refractivity contribution in [3.8, 4) is 33.9 Å². The molecule has 7 nitrogen and oxygen atoms in total. The summed E-state index contributed by atoms with van der Waals surface area (Å²) >= 11 is 0. The van der Waals surface area contributed by atoms with Gasteiger partial charge in [-0.3, -0.25) is 4.40 Å². The summed E-state index contributed by atoms with van der Waals surface area (Å²) in [6.45, 7) is 1.53. The number of nitrogens with zero attached hydrogens (tertiary/aromatic N) is 6. The fraction of sp³-hybridized carbons (Fsp3) is 0.172. The van der Waals surface area contributed by atoms with E-state index < -0.39 is 0 Å². The number of benzene rings is 2. The first kappa shape index (κ1) is 21.0. The van der Waals surface area contributed by atoms with Crippen LogP contribution in [0.3, 0.4) is 0 Å². The zero-order valence-corrected chi connectivity index (χ0v) is 19.8. The van der Waals surface area contributed by atoms with Crippen molar-refractivity contribution in [2.24, 2.45) is 5.73 Å². The Hall–Kier alpha value is -4.36. The van der Waals surface area contributed by atoms with Gasteiger partial charge in [0.2, 0.25) is 0 Å². The van der Waals surface area contributed by atoms with Crippen LogP contribution in [-0.4, -0.2) is 29.1 Å². The molecule has 1 aliphatic heterocycles. The number of imidazole rings is 1. The van der Waals surface area contributed by atoms with Crippen LogP contribution in [0.4, 0.5) is 0 Å². The van der Waals surface area contributed by atoms with E-state index in [2.05, 4.69) is 75.6 Å². The third-order valence-electron chi connectivity index (χ3n) is 7.06. The summed E-state index contributed by atoms with van der Waals surface area (Å²) in [5, 5.41) is 10.1. The number of aromatic nitrogens is 6. The summed E-state index contributed by atoms with van der Waals surface area (Å²) in [5.74, 6) is 1.89. The molecule has 0 radical (unpaired) electrons. The van der Waals surface area contributed by atoms with Gasteiger partial charge in [-0.2, -0.15) is 0 Å². The van der Waals surface area contributed by atoms with Gasteiger partial charge in [-0.25, -0.2) is 9.97 Å². The summed E-state index contributed by atoms with van der Waals surface area (Å²) in [5.41, 5.74) is 13.6. The van der Waals surface area contributed by atoms with Gasteiger partial charge in [-0.05, 0) is 36.1 Å². The summed E-state index contributed by atoms with van der Waals surface area (Å²) in [6, 6.07) is 22.9. The van der Waals surface area contributed by atoms with E-state index >= 15 is 0 Å². The molecule has 0 bridgehead atoms. The van der Waals surface area contributed by atoms with E-state index in [0.717, 1.165) is 74.8 Å². The Kier molecular flexibility index (Phi) is 4.89. The predicted molar refractivity (Wildman–Crippen MR) is 141 cm³/mol. The van der Waals surface area contributed by atoms with Gasteiger partial charge >= 0.3 is 0 Å². The highest BCUT2D eigenvalue weighted by molar-refractivity contribution is 5.98. The smallest absolute Gasteiger partial charge is 0.188 e. The minimum Gasteiger partial charge on any atom is -0.334 e. The van der Waals surface area contributed by atoms with E-state index in [4.69, 9.17) is 15.7 Å². The van der Waals surface area contributed by atoms with Gasteiger partial charge in [0.05, 0.1) is 11.2 Å². The zero-order chi connectivity index (χ0) is 24.1. The Morgan fingerprint density at radius 2 is 1.72 bits per heavy atom. The Balaban J connectivity index is 1.43. The van der Waals surface area contributed by atoms with Crippen LogP contribution < -0.4 is 5.73 Å². The standard InChI is InChI=1S/C29H25N7/c30-17-19-9-11-21(12-10-19)27-22(20-6-2-1-3-7-20)16-23-24(32-27)13-15-36-28(23)33-34-29(36)25-18-35-14-5-4-8-26(35)31-25/h1-3,6-7,9-13,15-16,18H,4-5,8,14,17,30H2. The molecule has 2 aromatic carbocycles. The first-order valence-electron chi connectivity index (χ1n) is 12.4. The fourth-order valence-corrected chi connectivity index (χ4v) is 5.15. The van der Waals surface area contributed by atoms with Crippen molar-refractivity contribution in [3.63, 3.8) is 0 Å². The summed E-state index contributed by atoms with van der Waals surface area (Å²) < 4.78 is 4.28. The summed E-state index contributed by atoms with van der Waals surface area (Å²) in [4.78, 5) is 10.0. The topological polar surface area (TPSA) is 86.9 Å². The van der Waals surface area contributed by atoms with Gasteiger partial charge in [0.25, 0.3) is 0 Å². The molecule has 1 aliphatic rings. The van der Waals surface area contributed by atoms with Crippen molar-refractivity contribution in [1.29, 1.82) is 0 Å². The highest BCUT2D eigenvalue weighted by Gasteiger charge is 2.19. The van der Waals surface area contributed by atoms with Crippen molar-refractivity contribution in [1.82, 2.24) is 29.1 Å². The highest BCUT2D eigenvalue weighted by atomic mass is 15.3. The lowest BCUT2D eigenvalue weighted by Gasteiger charge is -2.12. The molecule has 0 amide bonds. The minimum absolute atomic E-state index is 0.518. The van der Waals surface area contributed by atoms with E-state index in [1.165, 1.54) is 12.8 Å². The SMILES string of the molecule is NCc1ccc(-c2nc3ccn4c(-c5cn6c(n5)CCCC6)nnc4c3cc2-c2ccccc2)cc1. The van der Waals surface area contributed by atoms with Gasteiger partial charge in [-0.1, -0.05) is 54.6 Å². The van der Waals surface area contributed by atoms with Gasteiger partial charge in [0.1, 0.15) is 11.5 Å².